The molecule has 0 radical (unpaired) electrons. The molecule has 0 unspecified atom stereocenters. The number of unbranched alkanes of at least 4 members (excludes halogenated alkanes) is 1. The van der Waals surface area contributed by atoms with Gasteiger partial charge in [-0.3, -0.25) is 0 Å². The van der Waals surface area contributed by atoms with Crippen molar-refractivity contribution in [2.45, 2.75) is 26.7 Å². The second kappa shape index (κ2) is 5.02. The molecule has 0 amide bonds. The molecule has 1 aromatic heterocycles. The van der Waals surface area contributed by atoms with E-state index in [9.17, 15) is 4.79 Å². The first-order chi connectivity index (χ1) is 6.25. The Bertz CT molecular complexity index is 278. The van der Waals surface area contributed by atoms with E-state index in [1.807, 2.05) is 18.4 Å². The smallest absolute Gasteiger partial charge is 0.339 e. The number of hydrogen-bond acceptors (Lipinski definition) is 3. The summed E-state index contributed by atoms with van der Waals surface area (Å²) in [7, 11) is 0. The number of ether oxygens (including phenoxy) is 1. The van der Waals surface area contributed by atoms with Gasteiger partial charge in [0.2, 0.25) is 0 Å². The Morgan fingerprint density at radius 1 is 1.62 bits per heavy atom. The molecule has 0 fully saturated rings. The summed E-state index contributed by atoms with van der Waals surface area (Å²) in [5.74, 6) is -0.188. The van der Waals surface area contributed by atoms with E-state index in [4.69, 9.17) is 4.74 Å². The molecule has 72 valence electrons. The normalized spacial score (nSPS) is 10.0. The Kier molecular flexibility index (Phi) is 3.96. The number of hydrogen-bond donors (Lipinski definition) is 0. The van der Waals surface area contributed by atoms with Gasteiger partial charge in [0.25, 0.3) is 0 Å². The minimum Gasteiger partial charge on any atom is -0.462 e. The molecule has 3 heteroatoms. The van der Waals surface area contributed by atoms with Crippen LogP contribution in [0.5, 0.6) is 0 Å². The SMILES string of the molecule is CCCCOC(=O)c1ccsc1C. The van der Waals surface area contributed by atoms with E-state index in [0.29, 0.717) is 12.2 Å². The van der Waals surface area contributed by atoms with Gasteiger partial charge in [0.15, 0.2) is 0 Å². The van der Waals surface area contributed by atoms with Crippen molar-refractivity contribution in [3.63, 3.8) is 0 Å². The van der Waals surface area contributed by atoms with E-state index in [0.717, 1.165) is 17.7 Å². The van der Waals surface area contributed by atoms with Crippen LogP contribution in [-0.4, -0.2) is 12.6 Å². The van der Waals surface area contributed by atoms with E-state index < -0.39 is 0 Å². The van der Waals surface area contributed by atoms with Gasteiger partial charge in [-0.25, -0.2) is 4.79 Å². The molecule has 2 nitrogen and oxygen atoms in total. The lowest BCUT2D eigenvalue weighted by Crippen LogP contribution is -2.06. The van der Waals surface area contributed by atoms with Crippen LogP contribution in [0.2, 0.25) is 0 Å². The lowest BCUT2D eigenvalue weighted by molar-refractivity contribution is 0.0499. The predicted molar refractivity (Wildman–Crippen MR) is 54.2 cm³/mol. The van der Waals surface area contributed by atoms with Crippen LogP contribution in [-0.2, 0) is 4.74 Å². The van der Waals surface area contributed by atoms with Crippen LogP contribution in [0.15, 0.2) is 11.4 Å². The fourth-order valence-electron chi connectivity index (χ4n) is 0.984. The molecule has 0 aromatic carbocycles. The zero-order valence-electron chi connectivity index (χ0n) is 8.00. The molecule has 0 atom stereocenters. The highest BCUT2D eigenvalue weighted by Gasteiger charge is 2.10. The van der Waals surface area contributed by atoms with Gasteiger partial charge in [-0.15, -0.1) is 11.3 Å². The Balaban J connectivity index is 2.45. The van der Waals surface area contributed by atoms with Gasteiger partial charge in [-0.05, 0) is 24.8 Å². The number of carbonyl (C=O) groups is 1. The van der Waals surface area contributed by atoms with Crippen LogP contribution >= 0.6 is 11.3 Å². The molecule has 0 saturated carbocycles. The highest BCUT2D eigenvalue weighted by molar-refractivity contribution is 7.10. The standard InChI is InChI=1S/C10H14O2S/c1-3-4-6-12-10(11)9-5-7-13-8(9)2/h5,7H,3-4,6H2,1-2H3. The number of carbonyl (C=O) groups excluding carboxylic acids is 1. The van der Waals surface area contributed by atoms with E-state index >= 15 is 0 Å². The molecule has 1 heterocycles. The first kappa shape index (κ1) is 10.3. The fourth-order valence-corrected chi connectivity index (χ4v) is 1.67. The number of rotatable bonds is 4. The van der Waals surface area contributed by atoms with Gasteiger partial charge >= 0.3 is 5.97 Å². The Morgan fingerprint density at radius 2 is 2.38 bits per heavy atom. The quantitative estimate of drug-likeness (QED) is 0.549. The van der Waals surface area contributed by atoms with Crippen LogP contribution in [0.1, 0.15) is 35.0 Å². The van der Waals surface area contributed by atoms with Crippen molar-refractivity contribution >= 4 is 17.3 Å². The predicted octanol–water partition coefficient (Wildman–Crippen LogP) is 3.01. The van der Waals surface area contributed by atoms with E-state index in [2.05, 4.69) is 6.92 Å². The third-order valence-corrected chi connectivity index (χ3v) is 2.66. The lowest BCUT2D eigenvalue weighted by atomic mass is 10.3. The van der Waals surface area contributed by atoms with Gasteiger partial charge in [-0.2, -0.15) is 0 Å². The minimum atomic E-state index is -0.188. The van der Waals surface area contributed by atoms with E-state index in [1.165, 1.54) is 0 Å². The summed E-state index contributed by atoms with van der Waals surface area (Å²) in [5.41, 5.74) is 0.709. The molecule has 1 rings (SSSR count). The third-order valence-electron chi connectivity index (χ3n) is 1.81. The van der Waals surface area contributed by atoms with Crippen LogP contribution < -0.4 is 0 Å². The first-order valence-corrected chi connectivity index (χ1v) is 5.35. The van der Waals surface area contributed by atoms with Crippen LogP contribution in [0.4, 0.5) is 0 Å². The molecule has 0 aliphatic rings. The largest absolute Gasteiger partial charge is 0.462 e. The second-order valence-corrected chi connectivity index (χ2v) is 4.00. The van der Waals surface area contributed by atoms with E-state index in [1.54, 1.807) is 11.3 Å². The molecular formula is C10H14O2S. The van der Waals surface area contributed by atoms with Crippen LogP contribution in [0.3, 0.4) is 0 Å². The molecule has 0 bridgehead atoms. The van der Waals surface area contributed by atoms with Crippen molar-refractivity contribution in [1.82, 2.24) is 0 Å². The summed E-state index contributed by atoms with van der Waals surface area (Å²) in [6.07, 6.45) is 1.99. The summed E-state index contributed by atoms with van der Waals surface area (Å²) in [5, 5.41) is 1.91. The molecule has 0 saturated heterocycles. The number of thiophene rings is 1. The van der Waals surface area contributed by atoms with Crippen molar-refractivity contribution in [2.75, 3.05) is 6.61 Å². The Labute approximate surface area is 82.5 Å². The van der Waals surface area contributed by atoms with Crippen molar-refractivity contribution in [3.05, 3.63) is 21.9 Å². The molecule has 1 aromatic rings. The summed E-state index contributed by atoms with van der Waals surface area (Å²) < 4.78 is 5.08. The van der Waals surface area contributed by atoms with Crippen LogP contribution in [0.25, 0.3) is 0 Å². The van der Waals surface area contributed by atoms with Crippen molar-refractivity contribution in [3.8, 4) is 0 Å². The highest BCUT2D eigenvalue weighted by Crippen LogP contribution is 2.15. The molecule has 0 N–H and O–H groups in total. The zero-order valence-corrected chi connectivity index (χ0v) is 8.82. The summed E-state index contributed by atoms with van der Waals surface area (Å²) in [6.45, 7) is 4.54. The van der Waals surface area contributed by atoms with E-state index in [-0.39, 0.29) is 5.97 Å². The maximum atomic E-state index is 11.4. The topological polar surface area (TPSA) is 26.3 Å². The van der Waals surface area contributed by atoms with Gasteiger partial charge < -0.3 is 4.74 Å². The summed E-state index contributed by atoms with van der Waals surface area (Å²) >= 11 is 1.57. The second-order valence-electron chi connectivity index (χ2n) is 2.88. The monoisotopic (exact) mass is 198 g/mol. The van der Waals surface area contributed by atoms with Gasteiger partial charge in [0.05, 0.1) is 12.2 Å². The Morgan fingerprint density at radius 3 is 2.92 bits per heavy atom. The molecule has 13 heavy (non-hydrogen) atoms. The van der Waals surface area contributed by atoms with Gasteiger partial charge in [0.1, 0.15) is 0 Å². The average Bonchev–Trinajstić information content (AvgIpc) is 2.52. The maximum Gasteiger partial charge on any atom is 0.339 e. The third kappa shape index (κ3) is 2.84. The first-order valence-electron chi connectivity index (χ1n) is 4.47. The van der Waals surface area contributed by atoms with Crippen molar-refractivity contribution < 1.29 is 9.53 Å². The van der Waals surface area contributed by atoms with Crippen molar-refractivity contribution in [2.24, 2.45) is 0 Å². The highest BCUT2D eigenvalue weighted by atomic mass is 32.1. The number of esters is 1. The maximum absolute atomic E-state index is 11.4. The van der Waals surface area contributed by atoms with Gasteiger partial charge in [0, 0.05) is 4.88 Å². The average molecular weight is 198 g/mol. The molecule has 0 spiro atoms. The number of aryl methyl sites for hydroxylation is 1. The molecule has 0 aliphatic carbocycles. The fraction of sp³-hybridized carbons (Fsp3) is 0.500. The Hall–Kier alpha value is -0.830. The van der Waals surface area contributed by atoms with Crippen LogP contribution in [0, 0.1) is 6.92 Å². The molecule has 0 aliphatic heterocycles. The molecular weight excluding hydrogens is 184 g/mol. The minimum absolute atomic E-state index is 0.188. The lowest BCUT2D eigenvalue weighted by Gasteiger charge is -2.02. The summed E-state index contributed by atoms with van der Waals surface area (Å²) in [4.78, 5) is 12.4. The summed E-state index contributed by atoms with van der Waals surface area (Å²) in [6, 6.07) is 1.81. The zero-order chi connectivity index (χ0) is 9.68. The van der Waals surface area contributed by atoms with Gasteiger partial charge in [-0.1, -0.05) is 13.3 Å². The van der Waals surface area contributed by atoms with Crippen molar-refractivity contribution in [1.29, 1.82) is 0 Å².